The van der Waals surface area contributed by atoms with Crippen LogP contribution in [0.5, 0.6) is 5.75 Å². The Hall–Kier alpha value is -2.07. The third kappa shape index (κ3) is 4.44. The average Bonchev–Trinajstić information content (AvgIpc) is 2.66. The van der Waals surface area contributed by atoms with E-state index in [0.29, 0.717) is 11.4 Å². The molecular formula is C18H18ClNO7. The summed E-state index contributed by atoms with van der Waals surface area (Å²) in [5, 5.41) is 39.0. The van der Waals surface area contributed by atoms with Gasteiger partial charge in [-0.1, -0.05) is 11.6 Å². The van der Waals surface area contributed by atoms with E-state index in [2.05, 4.69) is 4.99 Å². The molecule has 1 aliphatic carbocycles. The van der Waals surface area contributed by atoms with Crippen LogP contribution in [0.3, 0.4) is 0 Å². The van der Waals surface area contributed by atoms with Crippen LogP contribution in [-0.4, -0.2) is 69.2 Å². The van der Waals surface area contributed by atoms with Gasteiger partial charge in [-0.2, -0.15) is 0 Å². The maximum atomic E-state index is 11.1. The molecule has 5 atom stereocenters. The van der Waals surface area contributed by atoms with Gasteiger partial charge in [0, 0.05) is 0 Å². The van der Waals surface area contributed by atoms with Crippen LogP contribution in [0.2, 0.25) is 5.02 Å². The molecule has 3 rings (SSSR count). The van der Waals surface area contributed by atoms with Crippen molar-refractivity contribution in [2.24, 2.45) is 4.99 Å². The Morgan fingerprint density at radius 1 is 1.07 bits per heavy atom. The maximum absolute atomic E-state index is 11.1. The number of allylic oxidation sites excluding steroid dienone is 4. The molecule has 2 aliphatic rings. The molecule has 1 fully saturated rings. The van der Waals surface area contributed by atoms with Gasteiger partial charge in [0.25, 0.3) is 0 Å². The van der Waals surface area contributed by atoms with Crippen molar-refractivity contribution in [3.05, 3.63) is 47.5 Å². The molecule has 0 radical (unpaired) electrons. The molecule has 0 amide bonds. The molecule has 8 nitrogen and oxygen atoms in total. The SMILES string of the molecule is O=C1C=CC(=Nc2ccc(O[C@@H]3O[C@H](CO)[C@@H](O)[C@H](O)[C@H]3O)c(Cl)c2)C=C1. The Balaban J connectivity index is 1.74. The fourth-order valence-corrected chi connectivity index (χ4v) is 2.83. The monoisotopic (exact) mass is 395 g/mol. The van der Waals surface area contributed by atoms with E-state index in [0.717, 1.165) is 0 Å². The standard InChI is InChI=1S/C18H18ClNO7/c19-12-7-10(20-9-1-4-11(22)5-2-9)3-6-13(12)26-18-17(25)16(24)15(23)14(8-21)27-18/h1-7,14-18,21,23-25H,8H2/t14-,15-,16+,17-,18-/m1/s1. The number of rotatable bonds is 4. The second-order valence-electron chi connectivity index (χ2n) is 6.04. The fraction of sp³-hybridized carbons (Fsp3) is 0.333. The molecule has 0 saturated carbocycles. The molecule has 0 aromatic heterocycles. The van der Waals surface area contributed by atoms with Crippen LogP contribution in [0.15, 0.2) is 47.5 Å². The van der Waals surface area contributed by atoms with Gasteiger partial charge >= 0.3 is 0 Å². The smallest absolute Gasteiger partial charge is 0.229 e. The number of hydrogen-bond donors (Lipinski definition) is 4. The lowest BCUT2D eigenvalue weighted by atomic mass is 9.99. The number of ketones is 1. The Bertz CT molecular complexity index is 787. The van der Waals surface area contributed by atoms with Crippen LogP contribution in [0.25, 0.3) is 0 Å². The number of carbonyl (C=O) groups is 1. The van der Waals surface area contributed by atoms with E-state index >= 15 is 0 Å². The molecular weight excluding hydrogens is 378 g/mol. The minimum atomic E-state index is -1.54. The minimum absolute atomic E-state index is 0.116. The lowest BCUT2D eigenvalue weighted by molar-refractivity contribution is -0.277. The molecule has 1 aromatic carbocycles. The number of aliphatic hydroxyl groups excluding tert-OH is 4. The van der Waals surface area contributed by atoms with Gasteiger partial charge in [0.15, 0.2) is 5.78 Å². The van der Waals surface area contributed by atoms with E-state index < -0.39 is 37.3 Å². The number of nitrogens with zero attached hydrogens (tertiary/aromatic N) is 1. The first-order valence-corrected chi connectivity index (χ1v) is 8.52. The van der Waals surface area contributed by atoms with E-state index in [9.17, 15) is 25.2 Å². The van der Waals surface area contributed by atoms with Crippen LogP contribution in [0.4, 0.5) is 5.69 Å². The van der Waals surface area contributed by atoms with Gasteiger partial charge in [-0.15, -0.1) is 0 Å². The highest BCUT2D eigenvalue weighted by Crippen LogP contribution is 2.32. The van der Waals surface area contributed by atoms with Crippen LogP contribution in [0, 0.1) is 0 Å². The van der Waals surface area contributed by atoms with Crippen LogP contribution < -0.4 is 4.74 Å². The molecule has 1 saturated heterocycles. The number of ether oxygens (including phenoxy) is 2. The van der Waals surface area contributed by atoms with Crippen molar-refractivity contribution in [3.63, 3.8) is 0 Å². The van der Waals surface area contributed by atoms with Gasteiger partial charge in [-0.3, -0.25) is 4.79 Å². The van der Waals surface area contributed by atoms with Gasteiger partial charge in [0.05, 0.1) is 23.0 Å². The summed E-state index contributed by atoms with van der Waals surface area (Å²) in [7, 11) is 0. The van der Waals surface area contributed by atoms with Crippen molar-refractivity contribution in [2.45, 2.75) is 30.7 Å². The predicted octanol–water partition coefficient (Wildman–Crippen LogP) is 0.286. The van der Waals surface area contributed by atoms with Gasteiger partial charge in [0.2, 0.25) is 6.29 Å². The Labute approximate surface area is 159 Å². The Morgan fingerprint density at radius 3 is 2.41 bits per heavy atom. The lowest BCUT2D eigenvalue weighted by Crippen LogP contribution is -2.60. The second-order valence-corrected chi connectivity index (χ2v) is 6.44. The lowest BCUT2D eigenvalue weighted by Gasteiger charge is -2.39. The van der Waals surface area contributed by atoms with Gasteiger partial charge in [0.1, 0.15) is 30.2 Å². The van der Waals surface area contributed by atoms with E-state index in [1.165, 1.54) is 24.3 Å². The fourth-order valence-electron chi connectivity index (χ4n) is 2.61. The molecule has 1 aliphatic heterocycles. The largest absolute Gasteiger partial charge is 0.460 e. The summed E-state index contributed by atoms with van der Waals surface area (Å²) in [6.45, 7) is -0.557. The van der Waals surface area contributed by atoms with Gasteiger partial charge < -0.3 is 29.9 Å². The summed E-state index contributed by atoms with van der Waals surface area (Å²) in [6.07, 6.45) is -0.998. The molecule has 0 spiro atoms. The van der Waals surface area contributed by atoms with Crippen molar-refractivity contribution < 1.29 is 34.7 Å². The highest BCUT2D eigenvalue weighted by atomic mass is 35.5. The number of hydrogen-bond acceptors (Lipinski definition) is 8. The Kier molecular flexibility index (Phi) is 6.05. The van der Waals surface area contributed by atoms with Crippen molar-refractivity contribution in [3.8, 4) is 5.75 Å². The molecule has 1 aromatic rings. The number of aliphatic imine (C=N–C) groups is 1. The highest BCUT2D eigenvalue weighted by Gasteiger charge is 2.44. The summed E-state index contributed by atoms with van der Waals surface area (Å²) in [6, 6.07) is 4.63. The number of carbonyl (C=O) groups excluding carboxylic acids is 1. The van der Waals surface area contributed by atoms with E-state index in [4.69, 9.17) is 21.1 Å². The zero-order chi connectivity index (χ0) is 19.6. The zero-order valence-corrected chi connectivity index (χ0v) is 14.7. The normalized spacial score (nSPS) is 30.5. The highest BCUT2D eigenvalue weighted by molar-refractivity contribution is 6.32. The molecule has 144 valence electrons. The van der Waals surface area contributed by atoms with Crippen molar-refractivity contribution in [2.75, 3.05) is 6.61 Å². The molecule has 27 heavy (non-hydrogen) atoms. The van der Waals surface area contributed by atoms with Gasteiger partial charge in [-0.25, -0.2) is 4.99 Å². The zero-order valence-electron chi connectivity index (χ0n) is 14.0. The summed E-state index contributed by atoms with van der Waals surface area (Å²) >= 11 is 6.19. The number of aliphatic hydroxyl groups is 4. The van der Waals surface area contributed by atoms with Crippen molar-refractivity contribution in [1.29, 1.82) is 0 Å². The predicted molar refractivity (Wildman–Crippen MR) is 96.2 cm³/mol. The third-order valence-corrected chi connectivity index (χ3v) is 4.40. The van der Waals surface area contributed by atoms with Crippen LogP contribution in [-0.2, 0) is 9.53 Å². The van der Waals surface area contributed by atoms with Crippen LogP contribution in [0.1, 0.15) is 0 Å². The van der Waals surface area contributed by atoms with Crippen LogP contribution >= 0.6 is 11.6 Å². The first kappa shape index (κ1) is 19.7. The van der Waals surface area contributed by atoms with E-state index in [-0.39, 0.29) is 16.6 Å². The molecule has 0 bridgehead atoms. The summed E-state index contributed by atoms with van der Waals surface area (Å²) < 4.78 is 10.8. The van der Waals surface area contributed by atoms with E-state index in [1.54, 1.807) is 18.2 Å². The quantitative estimate of drug-likeness (QED) is 0.539. The minimum Gasteiger partial charge on any atom is -0.460 e. The first-order valence-electron chi connectivity index (χ1n) is 8.14. The molecule has 0 unspecified atom stereocenters. The summed E-state index contributed by atoms with van der Waals surface area (Å²) in [5.41, 5.74) is 1.09. The molecule has 1 heterocycles. The summed E-state index contributed by atoms with van der Waals surface area (Å²) in [4.78, 5) is 15.4. The van der Waals surface area contributed by atoms with Gasteiger partial charge in [-0.05, 0) is 42.5 Å². The molecule has 4 N–H and O–H groups in total. The summed E-state index contributed by atoms with van der Waals surface area (Å²) in [5.74, 6) is 0.0464. The first-order chi connectivity index (χ1) is 12.9. The second kappa shape index (κ2) is 8.30. The topological polar surface area (TPSA) is 129 Å². The Morgan fingerprint density at radius 2 is 1.78 bits per heavy atom. The molecule has 9 heteroatoms. The number of halogens is 1. The van der Waals surface area contributed by atoms with Crippen molar-refractivity contribution in [1.82, 2.24) is 0 Å². The number of benzene rings is 1. The average molecular weight is 396 g/mol. The maximum Gasteiger partial charge on any atom is 0.229 e. The third-order valence-electron chi connectivity index (χ3n) is 4.10. The van der Waals surface area contributed by atoms with Crippen molar-refractivity contribution >= 4 is 28.8 Å². The van der Waals surface area contributed by atoms with E-state index in [1.807, 2.05) is 0 Å².